The summed E-state index contributed by atoms with van der Waals surface area (Å²) in [5.74, 6) is 1.06. The summed E-state index contributed by atoms with van der Waals surface area (Å²) >= 11 is 6.09. The quantitative estimate of drug-likeness (QED) is 0.502. The van der Waals surface area contributed by atoms with Crippen LogP contribution in [-0.4, -0.2) is 48.9 Å². The third-order valence-corrected chi connectivity index (χ3v) is 4.89. The average Bonchev–Trinajstić information content (AvgIpc) is 2.75. The summed E-state index contributed by atoms with van der Waals surface area (Å²) in [6, 6.07) is 6.96. The van der Waals surface area contributed by atoms with Gasteiger partial charge in [-0.3, -0.25) is 9.80 Å². The number of anilines is 3. The molecule has 0 aliphatic rings. The zero-order valence-electron chi connectivity index (χ0n) is 18.2. The van der Waals surface area contributed by atoms with Gasteiger partial charge >= 0.3 is 6.03 Å². The molecule has 2 aromatic rings. The van der Waals surface area contributed by atoms with Crippen LogP contribution in [0.2, 0.25) is 5.02 Å². The van der Waals surface area contributed by atoms with Crippen LogP contribution in [0.5, 0.6) is 0 Å². The molecular weight excluding hydrogens is 400 g/mol. The van der Waals surface area contributed by atoms with Gasteiger partial charge in [-0.1, -0.05) is 24.6 Å². The Hall–Kier alpha value is -2.67. The molecule has 30 heavy (non-hydrogen) atoms. The molecule has 8 heteroatoms. The lowest BCUT2D eigenvalue weighted by Crippen LogP contribution is -2.41. The molecule has 2 amide bonds. The van der Waals surface area contributed by atoms with Gasteiger partial charge in [-0.05, 0) is 51.8 Å². The fraction of sp³-hybridized carbons (Fsp3) is 0.409. The minimum atomic E-state index is -0.215. The first-order chi connectivity index (χ1) is 14.5. The van der Waals surface area contributed by atoms with E-state index in [9.17, 15) is 4.79 Å². The van der Waals surface area contributed by atoms with Crippen molar-refractivity contribution in [1.29, 1.82) is 0 Å². The highest BCUT2D eigenvalue weighted by Crippen LogP contribution is 2.30. The molecule has 0 fully saturated rings. The fourth-order valence-electron chi connectivity index (χ4n) is 2.93. The van der Waals surface area contributed by atoms with Crippen LogP contribution in [0.4, 0.5) is 27.9 Å². The lowest BCUT2D eigenvalue weighted by Gasteiger charge is -2.28. The van der Waals surface area contributed by atoms with Crippen LogP contribution in [0.25, 0.3) is 0 Å². The van der Waals surface area contributed by atoms with Crippen molar-refractivity contribution in [3.05, 3.63) is 42.4 Å². The second-order valence-corrected chi connectivity index (χ2v) is 7.01. The molecule has 1 radical (unpaired) electrons. The standard InChI is InChI=1S/C22H30ClN6O/c1-6-10-14-24-20-19(16-25-21(26-20)28(7-2)8-3)29(9-4)22(30)27(5)18-13-11-12-17(23)15-18/h11-16H,1,6-10H2,2-5H3. The summed E-state index contributed by atoms with van der Waals surface area (Å²) in [4.78, 5) is 32.2. The van der Waals surface area contributed by atoms with Crippen LogP contribution in [0, 0.1) is 6.92 Å². The van der Waals surface area contributed by atoms with E-state index in [-0.39, 0.29) is 6.03 Å². The zero-order valence-corrected chi connectivity index (χ0v) is 18.9. The van der Waals surface area contributed by atoms with Crippen molar-refractivity contribution in [2.24, 2.45) is 4.99 Å². The Bertz CT molecular complexity index is 868. The molecule has 0 bridgehead atoms. The molecule has 2 rings (SSSR count). The van der Waals surface area contributed by atoms with Crippen LogP contribution in [0.1, 0.15) is 33.6 Å². The van der Waals surface area contributed by atoms with E-state index in [1.54, 1.807) is 41.4 Å². The van der Waals surface area contributed by atoms with Gasteiger partial charge in [-0.15, -0.1) is 0 Å². The number of nitrogens with zero attached hydrogens (tertiary/aromatic N) is 6. The lowest BCUT2D eigenvalue weighted by atomic mass is 10.3. The third-order valence-electron chi connectivity index (χ3n) is 4.65. The molecular formula is C22H30ClN6O. The number of halogens is 1. The number of rotatable bonds is 9. The Kier molecular flexibility index (Phi) is 9.05. The van der Waals surface area contributed by atoms with Gasteiger partial charge in [0.2, 0.25) is 5.95 Å². The van der Waals surface area contributed by atoms with Gasteiger partial charge in [-0.25, -0.2) is 14.8 Å². The monoisotopic (exact) mass is 429 g/mol. The predicted molar refractivity (Wildman–Crippen MR) is 127 cm³/mol. The molecule has 0 unspecified atom stereocenters. The van der Waals surface area contributed by atoms with Gasteiger partial charge in [0, 0.05) is 43.6 Å². The van der Waals surface area contributed by atoms with E-state index in [2.05, 4.69) is 21.9 Å². The number of carbonyl (C=O) groups excluding carboxylic acids is 1. The van der Waals surface area contributed by atoms with E-state index in [4.69, 9.17) is 11.6 Å². The van der Waals surface area contributed by atoms with Gasteiger partial charge in [0.05, 0.1) is 6.20 Å². The van der Waals surface area contributed by atoms with E-state index in [0.717, 1.165) is 25.9 Å². The van der Waals surface area contributed by atoms with Crippen molar-refractivity contribution in [3.8, 4) is 0 Å². The highest BCUT2D eigenvalue weighted by atomic mass is 35.5. The Labute approximate surface area is 184 Å². The van der Waals surface area contributed by atoms with Gasteiger partial charge in [-0.2, -0.15) is 4.98 Å². The molecule has 0 atom stereocenters. The smallest absolute Gasteiger partial charge is 0.328 e. The third kappa shape index (κ3) is 5.69. The molecule has 0 N–H and O–H groups in total. The summed E-state index contributed by atoms with van der Waals surface area (Å²) in [6.07, 6.45) is 4.92. The highest BCUT2D eigenvalue weighted by molar-refractivity contribution is 6.31. The van der Waals surface area contributed by atoms with Crippen LogP contribution >= 0.6 is 11.6 Å². The topological polar surface area (TPSA) is 64.9 Å². The van der Waals surface area contributed by atoms with Crippen molar-refractivity contribution in [3.63, 3.8) is 0 Å². The maximum Gasteiger partial charge on any atom is 0.328 e. The van der Waals surface area contributed by atoms with Crippen molar-refractivity contribution in [1.82, 2.24) is 9.97 Å². The molecule has 1 aromatic heterocycles. The molecule has 1 aromatic carbocycles. The summed E-state index contributed by atoms with van der Waals surface area (Å²) in [5, 5.41) is 0.570. The van der Waals surface area contributed by atoms with Crippen LogP contribution in [0.3, 0.4) is 0 Å². The van der Waals surface area contributed by atoms with Crippen molar-refractivity contribution < 1.29 is 4.79 Å². The minimum Gasteiger partial charge on any atom is -0.341 e. The molecule has 0 saturated carbocycles. The molecule has 0 saturated heterocycles. The van der Waals surface area contributed by atoms with Gasteiger partial charge in [0.1, 0.15) is 5.69 Å². The number of urea groups is 1. The van der Waals surface area contributed by atoms with Gasteiger partial charge in [0.15, 0.2) is 5.82 Å². The van der Waals surface area contributed by atoms with Crippen molar-refractivity contribution in [2.75, 3.05) is 41.4 Å². The average molecular weight is 430 g/mol. The van der Waals surface area contributed by atoms with E-state index < -0.39 is 0 Å². The fourth-order valence-corrected chi connectivity index (χ4v) is 3.11. The Morgan fingerprint density at radius 1 is 1.23 bits per heavy atom. The number of aliphatic imine (C=N–C) groups is 1. The first-order valence-electron chi connectivity index (χ1n) is 10.2. The SMILES string of the molecule is [CH2]CCC=Nc1nc(N(CC)CC)ncc1N(CC)C(=O)N(C)c1cccc(Cl)c1. The molecule has 0 aliphatic heterocycles. The van der Waals surface area contributed by atoms with Crippen LogP contribution in [0.15, 0.2) is 35.5 Å². The van der Waals surface area contributed by atoms with E-state index >= 15 is 0 Å². The first kappa shape index (κ1) is 23.6. The normalized spacial score (nSPS) is 11.0. The molecule has 1 heterocycles. The maximum absolute atomic E-state index is 13.3. The highest BCUT2D eigenvalue weighted by Gasteiger charge is 2.24. The first-order valence-corrected chi connectivity index (χ1v) is 10.6. The van der Waals surface area contributed by atoms with Gasteiger partial charge < -0.3 is 4.90 Å². The van der Waals surface area contributed by atoms with E-state index in [1.165, 1.54) is 0 Å². The number of unbranched alkanes of at least 4 members (excludes halogenated alkanes) is 1. The number of carbonyl (C=O) groups is 1. The minimum absolute atomic E-state index is 0.215. The van der Waals surface area contributed by atoms with E-state index in [1.807, 2.05) is 37.8 Å². The maximum atomic E-state index is 13.3. The van der Waals surface area contributed by atoms with Crippen LogP contribution in [-0.2, 0) is 0 Å². The number of amides is 2. The number of hydrogen-bond acceptors (Lipinski definition) is 5. The summed E-state index contributed by atoms with van der Waals surface area (Å²) < 4.78 is 0. The number of hydrogen-bond donors (Lipinski definition) is 0. The summed E-state index contributed by atoms with van der Waals surface area (Å²) in [6.45, 7) is 11.9. The molecule has 7 nitrogen and oxygen atoms in total. The summed E-state index contributed by atoms with van der Waals surface area (Å²) in [5.41, 5.74) is 1.27. The van der Waals surface area contributed by atoms with Crippen molar-refractivity contribution in [2.45, 2.75) is 33.6 Å². The number of benzene rings is 1. The lowest BCUT2D eigenvalue weighted by molar-refractivity contribution is 0.253. The van der Waals surface area contributed by atoms with Gasteiger partial charge in [0.25, 0.3) is 0 Å². The molecule has 0 spiro atoms. The predicted octanol–water partition coefficient (Wildman–Crippen LogP) is 5.38. The largest absolute Gasteiger partial charge is 0.341 e. The Morgan fingerprint density at radius 3 is 2.57 bits per heavy atom. The van der Waals surface area contributed by atoms with E-state index in [0.29, 0.717) is 34.7 Å². The zero-order chi connectivity index (χ0) is 22.1. The van der Waals surface area contributed by atoms with Crippen molar-refractivity contribution >= 4 is 47.0 Å². The Morgan fingerprint density at radius 2 is 1.97 bits per heavy atom. The second-order valence-electron chi connectivity index (χ2n) is 6.57. The van der Waals surface area contributed by atoms with Crippen LogP contribution < -0.4 is 14.7 Å². The molecule has 0 aliphatic carbocycles. The second kappa shape index (κ2) is 11.5. The number of aromatic nitrogens is 2. The summed E-state index contributed by atoms with van der Waals surface area (Å²) in [7, 11) is 1.72. The molecule has 161 valence electrons. The Balaban J connectivity index is 2.44.